The Labute approximate surface area is 225 Å². The molecule has 10 heteroatoms. The molecule has 0 atom stereocenters. The fourth-order valence-electron chi connectivity index (χ4n) is 4.69. The molecule has 0 bridgehead atoms. The molecule has 1 saturated heterocycles. The Hall–Kier alpha value is -2.98. The molecule has 2 aromatic rings. The number of amides is 3. The van der Waals surface area contributed by atoms with Gasteiger partial charge in [0.05, 0.1) is 12.3 Å². The summed E-state index contributed by atoms with van der Waals surface area (Å²) in [7, 11) is -3.55. The van der Waals surface area contributed by atoms with Gasteiger partial charge in [0, 0.05) is 37.9 Å². The van der Waals surface area contributed by atoms with Crippen LogP contribution in [0.3, 0.4) is 0 Å². The number of para-hydroxylation sites is 1. The largest absolute Gasteiger partial charge is 0.334 e. The molecule has 8 nitrogen and oxygen atoms in total. The van der Waals surface area contributed by atoms with Gasteiger partial charge >= 0.3 is 6.03 Å². The Morgan fingerprint density at radius 1 is 1.03 bits per heavy atom. The Kier molecular flexibility index (Phi) is 10.7. The summed E-state index contributed by atoms with van der Waals surface area (Å²) in [5, 5.41) is 2.96. The fourth-order valence-corrected chi connectivity index (χ4v) is 6.23. The van der Waals surface area contributed by atoms with Crippen LogP contribution in [0.1, 0.15) is 50.7 Å². The summed E-state index contributed by atoms with van der Waals surface area (Å²) in [5.41, 5.74) is 2.50. The minimum Gasteiger partial charge on any atom is -0.334 e. The fraction of sp³-hybridized carbons (Fsp3) is 0.500. The van der Waals surface area contributed by atoms with E-state index in [9.17, 15) is 22.4 Å². The van der Waals surface area contributed by atoms with E-state index in [-0.39, 0.29) is 49.2 Å². The highest BCUT2D eigenvalue weighted by Crippen LogP contribution is 2.22. The number of carbonyl (C=O) groups excluding carboxylic acids is 2. The number of likely N-dealkylation sites (tertiary alicyclic amines) is 1. The number of hydrogen-bond donors (Lipinski definition) is 1. The zero-order valence-electron chi connectivity index (χ0n) is 22.5. The van der Waals surface area contributed by atoms with Crippen LogP contribution in [0, 0.1) is 12.7 Å². The summed E-state index contributed by atoms with van der Waals surface area (Å²) in [4.78, 5) is 29.9. The number of hydrogen-bond acceptors (Lipinski definition) is 4. The molecule has 0 unspecified atom stereocenters. The highest BCUT2D eigenvalue weighted by molar-refractivity contribution is 7.89. The molecule has 0 radical (unpaired) electrons. The molecular weight excluding hydrogens is 507 g/mol. The lowest BCUT2D eigenvalue weighted by Gasteiger charge is -2.39. The van der Waals surface area contributed by atoms with Crippen molar-refractivity contribution in [1.82, 2.24) is 14.1 Å². The van der Waals surface area contributed by atoms with Crippen LogP contribution in [0.5, 0.6) is 0 Å². The van der Waals surface area contributed by atoms with Gasteiger partial charge in [-0.15, -0.1) is 0 Å². The van der Waals surface area contributed by atoms with E-state index in [2.05, 4.69) is 5.32 Å². The maximum Gasteiger partial charge on any atom is 0.321 e. The van der Waals surface area contributed by atoms with Crippen molar-refractivity contribution < 1.29 is 22.4 Å². The van der Waals surface area contributed by atoms with Crippen LogP contribution in [-0.4, -0.2) is 72.4 Å². The lowest BCUT2D eigenvalue weighted by molar-refractivity contribution is -0.135. The average molecular weight is 547 g/mol. The van der Waals surface area contributed by atoms with Crippen molar-refractivity contribution in [3.63, 3.8) is 0 Å². The lowest BCUT2D eigenvalue weighted by Crippen LogP contribution is -2.52. The number of aryl methyl sites for hydroxylation is 1. The summed E-state index contributed by atoms with van der Waals surface area (Å²) < 4.78 is 40.4. The van der Waals surface area contributed by atoms with Crippen LogP contribution >= 0.6 is 0 Å². The standard InChI is InChI=1S/C28H39FN4O4S/c1-4-16-32(38(36,37)19-5-2)21-27(34)33(20-23-10-12-24(29)13-11-23)25-14-17-31(18-15-25)28(35)30-26-9-7-6-8-22(26)3/h6-13,25H,4-5,14-21H2,1-3H3,(H,30,35). The molecule has 38 heavy (non-hydrogen) atoms. The zero-order valence-corrected chi connectivity index (χ0v) is 23.3. The topological polar surface area (TPSA) is 90.0 Å². The van der Waals surface area contributed by atoms with Crippen LogP contribution in [-0.2, 0) is 21.4 Å². The van der Waals surface area contributed by atoms with Gasteiger partial charge in [0.1, 0.15) is 5.82 Å². The summed E-state index contributed by atoms with van der Waals surface area (Å²) >= 11 is 0. The molecule has 208 valence electrons. The normalized spacial score (nSPS) is 14.5. The monoisotopic (exact) mass is 546 g/mol. The molecule has 3 rings (SSSR count). The van der Waals surface area contributed by atoms with Crippen molar-refractivity contribution in [2.24, 2.45) is 0 Å². The van der Waals surface area contributed by atoms with Crippen LogP contribution in [0.25, 0.3) is 0 Å². The minimum atomic E-state index is -3.55. The number of piperidine rings is 1. The molecule has 1 N–H and O–H groups in total. The van der Waals surface area contributed by atoms with Crippen LogP contribution < -0.4 is 5.32 Å². The number of nitrogens with zero attached hydrogens (tertiary/aromatic N) is 3. The quantitative estimate of drug-likeness (QED) is 0.446. The minimum absolute atomic E-state index is 0.00731. The maximum absolute atomic E-state index is 13.6. The van der Waals surface area contributed by atoms with E-state index in [1.54, 1.807) is 28.9 Å². The number of benzene rings is 2. The summed E-state index contributed by atoms with van der Waals surface area (Å²) in [6, 6.07) is 13.2. The molecule has 0 aromatic heterocycles. The van der Waals surface area contributed by atoms with Gasteiger partial charge in [-0.25, -0.2) is 17.6 Å². The second-order valence-corrected chi connectivity index (χ2v) is 11.8. The summed E-state index contributed by atoms with van der Waals surface area (Å²) in [6.45, 7) is 6.82. The van der Waals surface area contributed by atoms with Gasteiger partial charge in [0.15, 0.2) is 0 Å². The third-order valence-electron chi connectivity index (χ3n) is 6.81. The van der Waals surface area contributed by atoms with Crippen LogP contribution in [0.15, 0.2) is 48.5 Å². The van der Waals surface area contributed by atoms with Crippen LogP contribution in [0.4, 0.5) is 14.9 Å². The third-order valence-corrected chi connectivity index (χ3v) is 8.83. The van der Waals surface area contributed by atoms with E-state index in [0.717, 1.165) is 16.8 Å². The van der Waals surface area contributed by atoms with Gasteiger partial charge in [0.25, 0.3) is 0 Å². The van der Waals surface area contributed by atoms with E-state index in [0.29, 0.717) is 38.8 Å². The van der Waals surface area contributed by atoms with Gasteiger partial charge < -0.3 is 15.1 Å². The Bertz CT molecular complexity index is 1180. The first-order chi connectivity index (χ1) is 18.1. The SMILES string of the molecule is CCCN(CC(=O)N(Cc1ccc(F)cc1)C1CCN(C(=O)Nc2ccccc2C)CC1)S(=O)(=O)CCC. The molecular formula is C28H39FN4O4S. The molecule has 1 aliphatic rings. The third kappa shape index (κ3) is 8.01. The molecule has 1 aliphatic heterocycles. The van der Waals surface area contributed by atoms with Crippen molar-refractivity contribution in [3.05, 3.63) is 65.5 Å². The summed E-state index contributed by atoms with van der Waals surface area (Å²) in [6.07, 6.45) is 2.19. The van der Waals surface area contributed by atoms with Crippen molar-refractivity contribution in [3.8, 4) is 0 Å². The Morgan fingerprint density at radius 3 is 2.29 bits per heavy atom. The number of halogens is 1. The molecule has 1 heterocycles. The second kappa shape index (κ2) is 13.7. The van der Waals surface area contributed by atoms with Crippen molar-refractivity contribution in [2.45, 2.75) is 59.0 Å². The number of carbonyl (C=O) groups is 2. The smallest absolute Gasteiger partial charge is 0.321 e. The van der Waals surface area contributed by atoms with Crippen LogP contribution in [0.2, 0.25) is 0 Å². The molecule has 0 spiro atoms. The molecule has 0 saturated carbocycles. The lowest BCUT2D eigenvalue weighted by atomic mass is 10.0. The van der Waals surface area contributed by atoms with Crippen molar-refractivity contribution in [2.75, 3.05) is 37.2 Å². The first-order valence-corrected chi connectivity index (χ1v) is 14.9. The highest BCUT2D eigenvalue weighted by Gasteiger charge is 2.32. The predicted octanol–water partition coefficient (Wildman–Crippen LogP) is 4.61. The van der Waals surface area contributed by atoms with E-state index < -0.39 is 10.0 Å². The number of rotatable bonds is 11. The maximum atomic E-state index is 13.6. The van der Waals surface area contributed by atoms with Gasteiger partial charge in [-0.3, -0.25) is 4.79 Å². The predicted molar refractivity (Wildman–Crippen MR) is 148 cm³/mol. The first-order valence-electron chi connectivity index (χ1n) is 13.3. The molecule has 1 fully saturated rings. The van der Waals surface area contributed by atoms with E-state index >= 15 is 0 Å². The molecule has 3 amide bonds. The van der Waals surface area contributed by atoms with E-state index in [4.69, 9.17) is 0 Å². The molecule has 2 aromatic carbocycles. The zero-order chi connectivity index (χ0) is 27.7. The second-order valence-electron chi connectivity index (χ2n) is 9.76. The summed E-state index contributed by atoms with van der Waals surface area (Å²) in [5.74, 6) is -0.656. The van der Waals surface area contributed by atoms with Gasteiger partial charge in [-0.05, 0) is 61.9 Å². The van der Waals surface area contributed by atoms with E-state index in [1.165, 1.54) is 16.4 Å². The molecule has 0 aliphatic carbocycles. The number of urea groups is 1. The van der Waals surface area contributed by atoms with Gasteiger partial charge in [0.2, 0.25) is 15.9 Å². The Balaban J connectivity index is 1.73. The Morgan fingerprint density at radius 2 is 1.68 bits per heavy atom. The van der Waals surface area contributed by atoms with Gasteiger partial charge in [-0.2, -0.15) is 4.31 Å². The number of anilines is 1. The van der Waals surface area contributed by atoms with Crippen molar-refractivity contribution >= 4 is 27.6 Å². The highest BCUT2D eigenvalue weighted by atomic mass is 32.2. The number of nitrogens with one attached hydrogen (secondary N) is 1. The van der Waals surface area contributed by atoms with Gasteiger partial charge in [-0.1, -0.05) is 44.2 Å². The first kappa shape index (κ1) is 29.6. The van der Waals surface area contributed by atoms with E-state index in [1.807, 2.05) is 38.1 Å². The van der Waals surface area contributed by atoms with Crippen molar-refractivity contribution in [1.29, 1.82) is 0 Å². The number of sulfonamides is 1. The average Bonchev–Trinajstić information content (AvgIpc) is 2.89.